The molecule has 0 spiro atoms. The number of amides is 1. The number of hydrogen-bond acceptors (Lipinski definition) is 9. The van der Waals surface area contributed by atoms with Crippen molar-refractivity contribution in [2.45, 2.75) is 57.2 Å². The Balaban J connectivity index is 1.18. The van der Waals surface area contributed by atoms with Crippen molar-refractivity contribution in [2.24, 2.45) is 0 Å². The fourth-order valence-corrected chi connectivity index (χ4v) is 6.98. The molecule has 37 heavy (non-hydrogen) atoms. The molecule has 1 amide bonds. The number of nitrogens with zero attached hydrogens (tertiary/aromatic N) is 7. The molecule has 0 radical (unpaired) electrons. The number of thiophene rings is 1. The number of piperazine rings is 1. The third-order valence-electron chi connectivity index (χ3n) is 8.32. The van der Waals surface area contributed by atoms with Crippen molar-refractivity contribution in [2.75, 3.05) is 57.0 Å². The lowest BCUT2D eigenvalue weighted by Gasteiger charge is -2.51. The lowest BCUT2D eigenvalue weighted by molar-refractivity contribution is -0.142. The van der Waals surface area contributed by atoms with E-state index in [0.29, 0.717) is 30.6 Å². The molecule has 3 aliphatic heterocycles. The van der Waals surface area contributed by atoms with Gasteiger partial charge in [-0.15, -0.1) is 11.3 Å². The zero-order valence-corrected chi connectivity index (χ0v) is 22.8. The van der Waals surface area contributed by atoms with Gasteiger partial charge in [-0.3, -0.25) is 14.8 Å². The summed E-state index contributed by atoms with van der Waals surface area (Å²) < 4.78 is 0. The summed E-state index contributed by atoms with van der Waals surface area (Å²) >= 11 is 1.63. The van der Waals surface area contributed by atoms with E-state index in [1.807, 2.05) is 13.0 Å². The monoisotopic (exact) mass is 523 g/mol. The summed E-state index contributed by atoms with van der Waals surface area (Å²) in [5.41, 5.74) is 0.996. The first-order valence-electron chi connectivity index (χ1n) is 13.4. The Morgan fingerprint density at radius 2 is 1.95 bits per heavy atom. The second-order valence-corrected chi connectivity index (χ2v) is 11.8. The van der Waals surface area contributed by atoms with Gasteiger partial charge in [0.25, 0.3) is 0 Å². The molecule has 3 aromatic heterocycles. The number of hydrogen-bond donors (Lipinski definition) is 2. The molecule has 2 N–H and O–H groups in total. The van der Waals surface area contributed by atoms with Gasteiger partial charge >= 0.3 is 0 Å². The number of likely N-dealkylation sites (N-methyl/N-ethyl adjacent to an activating group) is 1. The van der Waals surface area contributed by atoms with Gasteiger partial charge in [-0.05, 0) is 57.5 Å². The van der Waals surface area contributed by atoms with Crippen LogP contribution in [0.15, 0.2) is 17.5 Å². The minimum Gasteiger partial charge on any atom is -0.341 e. The summed E-state index contributed by atoms with van der Waals surface area (Å²) in [6.45, 7) is 6.58. The number of aromatic amines is 1. The quantitative estimate of drug-likeness (QED) is 0.509. The number of rotatable bonds is 6. The van der Waals surface area contributed by atoms with E-state index in [0.717, 1.165) is 85.4 Å². The number of aryl methyl sites for hydroxylation is 1. The highest BCUT2D eigenvalue weighted by Gasteiger charge is 2.42. The Hall–Kier alpha value is -2.76. The van der Waals surface area contributed by atoms with Crippen LogP contribution in [0.1, 0.15) is 37.8 Å². The first kappa shape index (κ1) is 24.6. The zero-order valence-electron chi connectivity index (χ0n) is 22.0. The van der Waals surface area contributed by atoms with E-state index in [4.69, 9.17) is 9.97 Å². The highest BCUT2D eigenvalue weighted by molar-refractivity contribution is 7.16. The van der Waals surface area contributed by atoms with Gasteiger partial charge in [0.2, 0.25) is 11.9 Å². The van der Waals surface area contributed by atoms with E-state index in [-0.39, 0.29) is 0 Å². The topological polar surface area (TPSA) is 96.5 Å². The van der Waals surface area contributed by atoms with Gasteiger partial charge in [-0.2, -0.15) is 10.1 Å². The summed E-state index contributed by atoms with van der Waals surface area (Å²) in [6.07, 6.45) is 5.32. The Labute approximate surface area is 222 Å². The van der Waals surface area contributed by atoms with Crippen molar-refractivity contribution >= 4 is 45.0 Å². The van der Waals surface area contributed by atoms with Crippen LogP contribution in [0, 0.1) is 6.92 Å². The first-order valence-corrected chi connectivity index (χ1v) is 14.3. The third kappa shape index (κ3) is 5.04. The van der Waals surface area contributed by atoms with Gasteiger partial charge in [0.05, 0.1) is 11.9 Å². The smallest absolute Gasteiger partial charge is 0.237 e. The Kier molecular flexibility index (Phi) is 6.76. The molecule has 0 unspecified atom stereocenters. The molecule has 3 saturated heterocycles. The van der Waals surface area contributed by atoms with E-state index in [9.17, 15) is 4.79 Å². The number of carbonyl (C=O) groups is 1. The van der Waals surface area contributed by atoms with Gasteiger partial charge in [-0.1, -0.05) is 0 Å². The summed E-state index contributed by atoms with van der Waals surface area (Å²) in [7, 11) is 4.27. The van der Waals surface area contributed by atoms with Crippen LogP contribution < -0.4 is 10.2 Å². The molecule has 3 atom stereocenters. The van der Waals surface area contributed by atoms with Crippen LogP contribution in [0.25, 0.3) is 10.2 Å². The minimum absolute atomic E-state index is 0.301. The molecule has 3 aromatic rings. The van der Waals surface area contributed by atoms with Crippen molar-refractivity contribution in [3.63, 3.8) is 0 Å². The molecule has 2 bridgehead atoms. The number of fused-ring (bicyclic) bond motifs is 3. The summed E-state index contributed by atoms with van der Waals surface area (Å²) in [5.74, 6) is 2.57. The highest BCUT2D eigenvalue weighted by atomic mass is 32.1. The van der Waals surface area contributed by atoms with Crippen LogP contribution in [0.2, 0.25) is 0 Å². The number of carbonyl (C=O) groups excluding carboxylic acids is 1. The average molecular weight is 524 g/mol. The van der Waals surface area contributed by atoms with E-state index < -0.39 is 0 Å². The van der Waals surface area contributed by atoms with Crippen molar-refractivity contribution in [1.82, 2.24) is 34.9 Å². The fraction of sp³-hybridized carbons (Fsp3) is 0.615. The maximum atomic E-state index is 13.5. The number of anilines is 3. The van der Waals surface area contributed by atoms with E-state index >= 15 is 0 Å². The second-order valence-electron chi connectivity index (χ2n) is 10.9. The van der Waals surface area contributed by atoms with Crippen molar-refractivity contribution in [3.8, 4) is 0 Å². The third-order valence-corrected chi connectivity index (χ3v) is 9.13. The predicted molar refractivity (Wildman–Crippen MR) is 148 cm³/mol. The number of aromatic nitrogens is 4. The number of nitrogens with one attached hydrogen (secondary N) is 2. The Morgan fingerprint density at radius 3 is 2.65 bits per heavy atom. The molecule has 0 aliphatic carbocycles. The molecule has 11 heteroatoms. The van der Waals surface area contributed by atoms with Crippen LogP contribution in [0.5, 0.6) is 0 Å². The largest absolute Gasteiger partial charge is 0.341 e. The van der Waals surface area contributed by atoms with Crippen molar-refractivity contribution in [1.29, 1.82) is 0 Å². The number of piperidine rings is 2. The molecule has 0 aromatic carbocycles. The molecule has 10 nitrogen and oxygen atoms in total. The van der Waals surface area contributed by atoms with Crippen LogP contribution in [0.4, 0.5) is 17.6 Å². The SMILES string of the molecule is Cc1cc(Nc2nc(N(C)[C@@H]3C[C@H]4CCC[C@@H](C3)N4C(=O)CN3CCN(C)CC3)nc3sccc23)n[nH]1. The lowest BCUT2D eigenvalue weighted by atomic mass is 9.81. The maximum absolute atomic E-state index is 13.5. The van der Waals surface area contributed by atoms with E-state index in [1.165, 1.54) is 6.42 Å². The highest BCUT2D eigenvalue weighted by Crippen LogP contribution is 2.37. The first-order chi connectivity index (χ1) is 17.9. The van der Waals surface area contributed by atoms with Crippen molar-refractivity contribution < 1.29 is 4.79 Å². The molecule has 198 valence electrons. The van der Waals surface area contributed by atoms with Gasteiger partial charge in [0.15, 0.2) is 5.82 Å². The molecule has 0 saturated carbocycles. The van der Waals surface area contributed by atoms with Gasteiger partial charge in [-0.25, -0.2) is 4.98 Å². The van der Waals surface area contributed by atoms with Gasteiger partial charge in [0, 0.05) is 63.1 Å². The lowest BCUT2D eigenvalue weighted by Crippen LogP contribution is -2.60. The van der Waals surface area contributed by atoms with Crippen LogP contribution in [-0.2, 0) is 4.79 Å². The zero-order chi connectivity index (χ0) is 25.5. The van der Waals surface area contributed by atoms with Crippen LogP contribution >= 0.6 is 11.3 Å². The van der Waals surface area contributed by atoms with Gasteiger partial charge < -0.3 is 20.0 Å². The maximum Gasteiger partial charge on any atom is 0.237 e. The Morgan fingerprint density at radius 1 is 1.19 bits per heavy atom. The predicted octanol–water partition coefficient (Wildman–Crippen LogP) is 3.06. The van der Waals surface area contributed by atoms with E-state index in [1.54, 1.807) is 11.3 Å². The van der Waals surface area contributed by atoms with Gasteiger partial charge in [0.1, 0.15) is 10.6 Å². The molecular weight excluding hydrogens is 486 g/mol. The van der Waals surface area contributed by atoms with E-state index in [2.05, 4.69) is 60.7 Å². The summed E-state index contributed by atoms with van der Waals surface area (Å²) in [6, 6.07) is 4.94. The molecule has 6 heterocycles. The Bertz CT molecular complexity index is 1240. The standard InChI is InChI=1S/C26H37N9OS/c1-17-13-22(31-30-17)27-24-21-7-12-37-25(21)29-26(28-24)33(3)20-14-18-5-4-6-19(15-20)35(18)23(36)16-34-10-8-32(2)9-11-34/h7,12-13,18-20H,4-6,8-11,14-16H2,1-3H3,(H2,27,28,29,30,31)/t18-,19+,20-. The number of H-pyrrole nitrogens is 1. The molecular formula is C26H37N9OS. The normalized spacial score (nSPS) is 24.9. The molecule has 3 fully saturated rings. The summed E-state index contributed by atoms with van der Waals surface area (Å²) in [4.78, 5) is 33.5. The second kappa shape index (κ2) is 10.2. The molecule has 6 rings (SSSR count). The van der Waals surface area contributed by atoms with Crippen molar-refractivity contribution in [3.05, 3.63) is 23.2 Å². The molecule has 3 aliphatic rings. The van der Waals surface area contributed by atoms with Crippen LogP contribution in [-0.4, -0.2) is 106 Å². The summed E-state index contributed by atoms with van der Waals surface area (Å²) in [5, 5.41) is 13.7. The van der Waals surface area contributed by atoms with Crippen LogP contribution in [0.3, 0.4) is 0 Å². The fourth-order valence-electron chi connectivity index (χ4n) is 6.22. The minimum atomic E-state index is 0.301. The average Bonchev–Trinajstić information content (AvgIpc) is 3.53.